The lowest BCUT2D eigenvalue weighted by Gasteiger charge is -2.31. The summed E-state index contributed by atoms with van der Waals surface area (Å²) in [7, 11) is 0. The van der Waals surface area contributed by atoms with Gasteiger partial charge in [-0.2, -0.15) is 0 Å². The third-order valence-electron chi connectivity index (χ3n) is 5.64. The minimum atomic E-state index is 0.406. The summed E-state index contributed by atoms with van der Waals surface area (Å²) in [5.74, 6) is 0.448. The number of nitrogens with zero attached hydrogens (tertiary/aromatic N) is 1. The molecule has 3 aromatic carbocycles. The summed E-state index contributed by atoms with van der Waals surface area (Å²) in [4.78, 5) is 6.53. The van der Waals surface area contributed by atoms with E-state index in [2.05, 4.69) is 91.0 Å². The normalized spacial score (nSPS) is 22.7. The quantitative estimate of drug-likeness (QED) is 0.448. The molecule has 2 aliphatic rings. The van der Waals surface area contributed by atoms with E-state index < -0.39 is 0 Å². The molecular weight excluding hydrogens is 358 g/mol. The Kier molecular flexibility index (Phi) is 4.88. The van der Waals surface area contributed by atoms with Gasteiger partial charge in [0.15, 0.2) is 0 Å². The molecule has 1 aliphatic heterocycles. The van der Waals surface area contributed by atoms with Crippen LogP contribution in [0.5, 0.6) is 0 Å². The van der Waals surface area contributed by atoms with Crippen LogP contribution in [0.2, 0.25) is 0 Å². The molecule has 2 atom stereocenters. The van der Waals surface area contributed by atoms with Gasteiger partial charge >= 0.3 is 0 Å². The van der Waals surface area contributed by atoms with Gasteiger partial charge in [-0.05, 0) is 54.2 Å². The molecule has 28 heavy (non-hydrogen) atoms. The molecule has 0 saturated heterocycles. The van der Waals surface area contributed by atoms with Crippen LogP contribution < -0.4 is 0 Å². The highest BCUT2D eigenvalue weighted by atomic mass is 32.2. The monoisotopic (exact) mass is 381 g/mol. The lowest BCUT2D eigenvalue weighted by molar-refractivity contribution is 0.555. The molecule has 1 saturated carbocycles. The van der Waals surface area contributed by atoms with Gasteiger partial charge in [0, 0.05) is 21.8 Å². The molecule has 0 N–H and O–H groups in total. The number of benzene rings is 3. The lowest BCUT2D eigenvalue weighted by Crippen LogP contribution is -2.25. The van der Waals surface area contributed by atoms with Crippen LogP contribution in [0, 0.1) is 5.92 Å². The molecule has 1 fully saturated rings. The summed E-state index contributed by atoms with van der Waals surface area (Å²) < 4.78 is 0. The number of hydrogen-bond acceptors (Lipinski definition) is 2. The van der Waals surface area contributed by atoms with E-state index in [4.69, 9.17) is 4.99 Å². The van der Waals surface area contributed by atoms with Crippen LogP contribution in [0.25, 0.3) is 6.08 Å². The van der Waals surface area contributed by atoms with E-state index in [1.807, 2.05) is 11.8 Å². The molecule has 2 heteroatoms. The zero-order chi connectivity index (χ0) is 18.8. The van der Waals surface area contributed by atoms with Crippen molar-refractivity contribution in [2.75, 3.05) is 0 Å². The first-order chi connectivity index (χ1) is 13.9. The number of thioether (sulfide) groups is 1. The van der Waals surface area contributed by atoms with E-state index in [0.29, 0.717) is 11.2 Å². The summed E-state index contributed by atoms with van der Waals surface area (Å²) in [5.41, 5.74) is 6.49. The van der Waals surface area contributed by atoms with E-state index in [-0.39, 0.29) is 0 Å². The highest BCUT2D eigenvalue weighted by Gasteiger charge is 2.35. The zero-order valence-electron chi connectivity index (χ0n) is 15.8. The second kappa shape index (κ2) is 7.81. The number of fused-ring (bicyclic) bond motifs is 2. The maximum atomic E-state index is 5.24. The topological polar surface area (TPSA) is 12.4 Å². The fourth-order valence-electron chi connectivity index (χ4n) is 4.30. The van der Waals surface area contributed by atoms with Gasteiger partial charge in [-0.3, -0.25) is 4.99 Å². The van der Waals surface area contributed by atoms with Gasteiger partial charge in [-0.25, -0.2) is 0 Å². The summed E-state index contributed by atoms with van der Waals surface area (Å²) in [6, 6.07) is 30.3. The van der Waals surface area contributed by atoms with Crippen molar-refractivity contribution in [2.24, 2.45) is 10.9 Å². The predicted molar refractivity (Wildman–Crippen MR) is 120 cm³/mol. The Bertz CT molecular complexity index is 1020. The molecule has 0 bridgehead atoms. The Morgan fingerprint density at radius 1 is 0.821 bits per heavy atom. The predicted octanol–water partition coefficient (Wildman–Crippen LogP) is 7.49. The van der Waals surface area contributed by atoms with Gasteiger partial charge in [-0.1, -0.05) is 72.8 Å². The van der Waals surface area contributed by atoms with E-state index in [9.17, 15) is 0 Å². The molecule has 1 nitrogen and oxygen atoms in total. The Labute approximate surface area is 171 Å². The van der Waals surface area contributed by atoms with Gasteiger partial charge in [0.2, 0.25) is 0 Å². The molecule has 0 aromatic heterocycles. The Morgan fingerprint density at radius 2 is 1.54 bits per heavy atom. The molecule has 5 rings (SSSR count). The zero-order valence-corrected chi connectivity index (χ0v) is 16.6. The first kappa shape index (κ1) is 17.5. The maximum Gasteiger partial charge on any atom is 0.0769 e. The van der Waals surface area contributed by atoms with Crippen molar-refractivity contribution < 1.29 is 0 Å². The second-order valence-electron chi connectivity index (χ2n) is 7.49. The fraction of sp³-hybridized carbons (Fsp3) is 0.192. The summed E-state index contributed by atoms with van der Waals surface area (Å²) >= 11 is 1.98. The minimum absolute atomic E-state index is 0.406. The van der Waals surface area contributed by atoms with E-state index >= 15 is 0 Å². The molecule has 0 radical (unpaired) electrons. The third kappa shape index (κ3) is 3.45. The average molecular weight is 382 g/mol. The lowest BCUT2D eigenvalue weighted by atomic mass is 9.79. The van der Waals surface area contributed by atoms with Gasteiger partial charge < -0.3 is 0 Å². The van der Waals surface area contributed by atoms with E-state index in [1.54, 1.807) is 0 Å². The Morgan fingerprint density at radius 3 is 2.36 bits per heavy atom. The molecule has 3 aromatic rings. The first-order valence-corrected chi connectivity index (χ1v) is 10.9. The van der Waals surface area contributed by atoms with Gasteiger partial charge in [0.1, 0.15) is 0 Å². The molecule has 138 valence electrons. The smallest absolute Gasteiger partial charge is 0.0769 e. The molecule has 1 heterocycles. The summed E-state index contributed by atoms with van der Waals surface area (Å²) in [6.07, 6.45) is 5.89. The second-order valence-corrected chi connectivity index (χ2v) is 8.68. The number of para-hydroxylation sites is 1. The number of hydrogen-bond donors (Lipinski definition) is 0. The highest BCUT2D eigenvalue weighted by molar-refractivity contribution is 7.99. The Balaban J connectivity index is 1.64. The fourth-order valence-corrected chi connectivity index (χ4v) is 5.69. The van der Waals surface area contributed by atoms with Gasteiger partial charge in [0.05, 0.1) is 5.69 Å². The third-order valence-corrected chi connectivity index (χ3v) is 7.09. The molecule has 0 spiro atoms. The maximum absolute atomic E-state index is 5.24. The van der Waals surface area contributed by atoms with Crippen LogP contribution in [0.15, 0.2) is 100 Å². The van der Waals surface area contributed by atoms with Crippen LogP contribution in [0.1, 0.15) is 35.6 Å². The van der Waals surface area contributed by atoms with Crippen LogP contribution in [-0.4, -0.2) is 5.71 Å². The van der Waals surface area contributed by atoms with Crippen molar-refractivity contribution in [3.63, 3.8) is 0 Å². The van der Waals surface area contributed by atoms with Gasteiger partial charge in [-0.15, -0.1) is 11.8 Å². The highest BCUT2D eigenvalue weighted by Crippen LogP contribution is 2.51. The van der Waals surface area contributed by atoms with Crippen molar-refractivity contribution in [2.45, 2.75) is 29.4 Å². The first-order valence-electron chi connectivity index (χ1n) is 10.0. The molecular formula is C26H23NS. The van der Waals surface area contributed by atoms with Crippen molar-refractivity contribution in [1.29, 1.82) is 0 Å². The summed E-state index contributed by atoms with van der Waals surface area (Å²) in [5, 5.41) is 0.406. The average Bonchev–Trinajstić information content (AvgIpc) is 2.93. The van der Waals surface area contributed by atoms with Crippen molar-refractivity contribution in [1.82, 2.24) is 0 Å². The molecule has 0 unspecified atom stereocenters. The van der Waals surface area contributed by atoms with Crippen molar-refractivity contribution in [3.05, 3.63) is 102 Å². The van der Waals surface area contributed by atoms with E-state index in [1.165, 1.54) is 40.1 Å². The Hall–Kier alpha value is -2.58. The minimum Gasteiger partial charge on any atom is -0.252 e. The molecule has 1 aliphatic carbocycles. The number of aliphatic imine (C=N–C) groups is 1. The number of allylic oxidation sites excluding steroid dienone is 1. The van der Waals surface area contributed by atoms with E-state index in [0.717, 1.165) is 12.1 Å². The van der Waals surface area contributed by atoms with Crippen LogP contribution in [-0.2, 0) is 0 Å². The van der Waals surface area contributed by atoms with Crippen LogP contribution in [0.3, 0.4) is 0 Å². The van der Waals surface area contributed by atoms with Crippen LogP contribution in [0.4, 0.5) is 5.69 Å². The van der Waals surface area contributed by atoms with Gasteiger partial charge in [0.25, 0.3) is 0 Å². The van der Waals surface area contributed by atoms with Crippen molar-refractivity contribution in [3.8, 4) is 0 Å². The molecule has 0 amide bonds. The summed E-state index contributed by atoms with van der Waals surface area (Å²) in [6.45, 7) is 0. The standard InChI is InChI=1S/C26H23NS/c1-3-10-19(11-4-1)18-21-14-9-15-22-25(21)27-23-16-7-8-17-24(23)28-26(22)20-12-5-2-6-13-20/h1-8,10-13,16-18,22,26H,9,14-15H2/b21-18+/t22-,26+/m1/s1. The van der Waals surface area contributed by atoms with Crippen molar-refractivity contribution >= 4 is 29.2 Å². The SMILES string of the molecule is C(=C1/CCC[C@@H]2C1=Nc1ccccc1S[C@H]2c1ccccc1)/c1ccccc1. The van der Waals surface area contributed by atoms with Crippen LogP contribution >= 0.6 is 11.8 Å². The largest absolute Gasteiger partial charge is 0.252 e. The number of rotatable bonds is 2.